The highest BCUT2D eigenvalue weighted by Gasteiger charge is 2.27. The second kappa shape index (κ2) is 8.93. The zero-order chi connectivity index (χ0) is 20.0. The predicted molar refractivity (Wildman–Crippen MR) is 102 cm³/mol. The third-order valence-corrected chi connectivity index (χ3v) is 4.42. The minimum absolute atomic E-state index is 0.103. The van der Waals surface area contributed by atoms with Crippen molar-refractivity contribution < 1.29 is 14.5 Å². The number of nitrogens with zero attached hydrogens (tertiary/aromatic N) is 2. The monoisotopic (exact) mass is 369 g/mol. The average molecular weight is 369 g/mol. The van der Waals surface area contributed by atoms with Crippen molar-refractivity contribution in [2.45, 2.75) is 32.9 Å². The van der Waals surface area contributed by atoms with Gasteiger partial charge in [-0.2, -0.15) is 0 Å². The Bertz CT molecular complexity index is 833. The summed E-state index contributed by atoms with van der Waals surface area (Å²) in [4.78, 5) is 37.2. The molecule has 1 N–H and O–H groups in total. The Morgan fingerprint density at radius 1 is 1.15 bits per heavy atom. The smallest absolute Gasteiger partial charge is 0.273 e. The fraction of sp³-hybridized carbons (Fsp3) is 0.300. The van der Waals surface area contributed by atoms with Crippen molar-refractivity contribution in [3.63, 3.8) is 0 Å². The van der Waals surface area contributed by atoms with Crippen LogP contribution in [0.25, 0.3) is 0 Å². The number of carbonyl (C=O) groups is 2. The summed E-state index contributed by atoms with van der Waals surface area (Å²) in [6.07, 6.45) is -0.148. The number of benzene rings is 2. The Hall–Kier alpha value is -3.22. The van der Waals surface area contributed by atoms with Gasteiger partial charge >= 0.3 is 0 Å². The van der Waals surface area contributed by atoms with Gasteiger partial charge in [0.1, 0.15) is 6.04 Å². The Balaban J connectivity index is 2.29. The molecule has 1 unspecified atom stereocenters. The molecule has 142 valence electrons. The molecular formula is C20H23N3O4. The van der Waals surface area contributed by atoms with Crippen LogP contribution in [0.2, 0.25) is 0 Å². The topological polar surface area (TPSA) is 92.6 Å². The largest absolute Gasteiger partial charge is 0.357 e. The molecule has 0 aromatic heterocycles. The molecule has 0 saturated heterocycles. The van der Waals surface area contributed by atoms with Crippen LogP contribution in [0.5, 0.6) is 0 Å². The molecule has 0 bridgehead atoms. The highest BCUT2D eigenvalue weighted by molar-refractivity contribution is 5.88. The van der Waals surface area contributed by atoms with Crippen molar-refractivity contribution in [3.8, 4) is 0 Å². The summed E-state index contributed by atoms with van der Waals surface area (Å²) >= 11 is 0. The molecule has 0 spiro atoms. The van der Waals surface area contributed by atoms with E-state index in [4.69, 9.17) is 0 Å². The first-order valence-electron chi connectivity index (χ1n) is 8.62. The van der Waals surface area contributed by atoms with Crippen molar-refractivity contribution in [3.05, 3.63) is 75.3 Å². The lowest BCUT2D eigenvalue weighted by molar-refractivity contribution is -0.385. The minimum atomic E-state index is -0.702. The van der Waals surface area contributed by atoms with E-state index in [9.17, 15) is 19.7 Å². The summed E-state index contributed by atoms with van der Waals surface area (Å²) in [6, 6.07) is 13.1. The standard InChI is InChI=1S/C20H23N3O4/c1-14-8-10-16(11-9-14)13-22(15(2)20(25)21-3)19(24)12-17-6-4-5-7-18(17)23(26)27/h4-11,15H,12-13H2,1-3H3,(H,21,25). The van der Waals surface area contributed by atoms with Gasteiger partial charge < -0.3 is 10.2 Å². The first-order chi connectivity index (χ1) is 12.8. The van der Waals surface area contributed by atoms with Crippen LogP contribution in [-0.2, 0) is 22.6 Å². The van der Waals surface area contributed by atoms with Gasteiger partial charge in [-0.25, -0.2) is 0 Å². The van der Waals surface area contributed by atoms with Gasteiger partial charge in [0.15, 0.2) is 0 Å². The molecule has 0 heterocycles. The molecule has 0 aliphatic heterocycles. The van der Waals surface area contributed by atoms with E-state index in [-0.39, 0.29) is 30.5 Å². The van der Waals surface area contributed by atoms with E-state index in [0.717, 1.165) is 11.1 Å². The van der Waals surface area contributed by atoms with Crippen molar-refractivity contribution in [1.29, 1.82) is 0 Å². The van der Waals surface area contributed by atoms with Crippen molar-refractivity contribution >= 4 is 17.5 Å². The SMILES string of the molecule is CNC(=O)C(C)N(Cc1ccc(C)cc1)C(=O)Cc1ccccc1[N+](=O)[O-]. The maximum Gasteiger partial charge on any atom is 0.273 e. The maximum atomic E-state index is 12.9. The number of para-hydroxylation sites is 1. The first kappa shape index (κ1) is 20.1. The van der Waals surface area contributed by atoms with Crippen LogP contribution in [0.3, 0.4) is 0 Å². The van der Waals surface area contributed by atoms with Gasteiger partial charge in [0.2, 0.25) is 11.8 Å². The van der Waals surface area contributed by atoms with Gasteiger partial charge in [-0.3, -0.25) is 19.7 Å². The number of amides is 2. The Labute approximate surface area is 158 Å². The number of rotatable bonds is 7. The summed E-state index contributed by atoms with van der Waals surface area (Å²) in [5.41, 5.74) is 2.20. The molecule has 2 aromatic carbocycles. The van der Waals surface area contributed by atoms with Gasteiger partial charge in [-0.15, -0.1) is 0 Å². The van der Waals surface area contributed by atoms with Crippen molar-refractivity contribution in [2.24, 2.45) is 0 Å². The predicted octanol–water partition coefficient (Wildman–Crippen LogP) is 2.61. The summed E-state index contributed by atoms with van der Waals surface area (Å²) in [7, 11) is 1.51. The van der Waals surface area contributed by atoms with Gasteiger partial charge in [0.25, 0.3) is 5.69 Å². The van der Waals surface area contributed by atoms with Crippen LogP contribution in [0.4, 0.5) is 5.69 Å². The number of aryl methyl sites for hydroxylation is 1. The third kappa shape index (κ3) is 5.13. The highest BCUT2D eigenvalue weighted by Crippen LogP contribution is 2.20. The van der Waals surface area contributed by atoms with E-state index in [2.05, 4.69) is 5.32 Å². The van der Waals surface area contributed by atoms with E-state index >= 15 is 0 Å². The molecule has 0 saturated carbocycles. The van der Waals surface area contributed by atoms with Crippen LogP contribution in [0, 0.1) is 17.0 Å². The van der Waals surface area contributed by atoms with Gasteiger partial charge in [0.05, 0.1) is 11.3 Å². The summed E-state index contributed by atoms with van der Waals surface area (Å²) in [5.74, 6) is -0.640. The average Bonchev–Trinajstić information content (AvgIpc) is 2.66. The van der Waals surface area contributed by atoms with Crippen LogP contribution in [0.15, 0.2) is 48.5 Å². The molecule has 0 aliphatic carbocycles. The van der Waals surface area contributed by atoms with Crippen LogP contribution in [0.1, 0.15) is 23.6 Å². The zero-order valence-corrected chi connectivity index (χ0v) is 15.6. The normalized spacial score (nSPS) is 11.5. The second-order valence-corrected chi connectivity index (χ2v) is 6.36. The number of nitrogens with one attached hydrogen (secondary N) is 1. The molecule has 0 aliphatic rings. The van der Waals surface area contributed by atoms with E-state index in [1.54, 1.807) is 25.1 Å². The molecule has 0 radical (unpaired) electrons. The number of hydrogen-bond donors (Lipinski definition) is 1. The van der Waals surface area contributed by atoms with Crippen molar-refractivity contribution in [2.75, 3.05) is 7.05 Å². The maximum absolute atomic E-state index is 12.9. The molecule has 7 heteroatoms. The lowest BCUT2D eigenvalue weighted by atomic mass is 10.1. The van der Waals surface area contributed by atoms with E-state index in [1.807, 2.05) is 31.2 Å². The summed E-state index contributed by atoms with van der Waals surface area (Å²) in [5, 5.41) is 13.7. The lowest BCUT2D eigenvalue weighted by Crippen LogP contribution is -2.47. The highest BCUT2D eigenvalue weighted by atomic mass is 16.6. The van der Waals surface area contributed by atoms with Crippen LogP contribution in [-0.4, -0.2) is 34.7 Å². The number of nitro benzene ring substituents is 1. The molecule has 27 heavy (non-hydrogen) atoms. The van der Waals surface area contributed by atoms with E-state index < -0.39 is 11.0 Å². The summed E-state index contributed by atoms with van der Waals surface area (Å²) in [6.45, 7) is 3.85. The molecular weight excluding hydrogens is 346 g/mol. The molecule has 2 rings (SSSR count). The Morgan fingerprint density at radius 2 is 1.78 bits per heavy atom. The number of likely N-dealkylation sites (N-methyl/N-ethyl adjacent to an activating group) is 1. The lowest BCUT2D eigenvalue weighted by Gasteiger charge is -2.28. The van der Waals surface area contributed by atoms with Crippen LogP contribution >= 0.6 is 0 Å². The molecule has 2 aromatic rings. The number of carbonyl (C=O) groups excluding carboxylic acids is 2. The van der Waals surface area contributed by atoms with Gasteiger partial charge in [-0.05, 0) is 19.4 Å². The van der Waals surface area contributed by atoms with E-state index in [0.29, 0.717) is 5.56 Å². The Morgan fingerprint density at radius 3 is 2.37 bits per heavy atom. The van der Waals surface area contributed by atoms with Crippen LogP contribution < -0.4 is 5.32 Å². The van der Waals surface area contributed by atoms with E-state index in [1.165, 1.54) is 18.0 Å². The fourth-order valence-corrected chi connectivity index (χ4v) is 2.78. The zero-order valence-electron chi connectivity index (χ0n) is 15.6. The third-order valence-electron chi connectivity index (χ3n) is 4.42. The molecule has 2 amide bonds. The van der Waals surface area contributed by atoms with Gasteiger partial charge in [0, 0.05) is 25.2 Å². The second-order valence-electron chi connectivity index (χ2n) is 6.36. The Kier molecular flexibility index (Phi) is 6.65. The van der Waals surface area contributed by atoms with Gasteiger partial charge in [-0.1, -0.05) is 48.0 Å². The molecule has 7 nitrogen and oxygen atoms in total. The molecule has 0 fully saturated rings. The van der Waals surface area contributed by atoms with Crippen molar-refractivity contribution in [1.82, 2.24) is 10.2 Å². The minimum Gasteiger partial charge on any atom is -0.357 e. The first-order valence-corrected chi connectivity index (χ1v) is 8.62. The fourth-order valence-electron chi connectivity index (χ4n) is 2.78. The number of hydrogen-bond acceptors (Lipinski definition) is 4. The molecule has 1 atom stereocenters. The number of nitro groups is 1. The quantitative estimate of drug-likeness (QED) is 0.600. The summed E-state index contributed by atoms with van der Waals surface area (Å²) < 4.78 is 0.